The molecule has 0 atom stereocenters. The highest BCUT2D eigenvalue weighted by Crippen LogP contribution is 2.25. The molecular formula is C43H55FN4O3. The van der Waals surface area contributed by atoms with Crippen molar-refractivity contribution >= 4 is 41.3 Å². The second kappa shape index (κ2) is 18.9. The van der Waals surface area contributed by atoms with Crippen molar-refractivity contribution in [3.05, 3.63) is 113 Å². The number of nitrogens with zero attached hydrogens (tertiary/aromatic N) is 2. The van der Waals surface area contributed by atoms with E-state index < -0.39 is 5.91 Å². The Balaban J connectivity index is 0.000000496. The Hall–Kier alpha value is -4.85. The molecule has 1 aliphatic heterocycles. The summed E-state index contributed by atoms with van der Waals surface area (Å²) in [6, 6.07) is 18.4. The maximum atomic E-state index is 13.5. The molecule has 3 aromatic rings. The number of hydrogen-bond donors (Lipinski definition) is 2. The minimum absolute atomic E-state index is 0.0933. The Bertz CT molecular complexity index is 1690. The molecule has 0 radical (unpaired) electrons. The quantitative estimate of drug-likeness (QED) is 0.106. The molecule has 3 aromatic carbocycles. The van der Waals surface area contributed by atoms with Gasteiger partial charge in [-0.3, -0.25) is 14.4 Å². The summed E-state index contributed by atoms with van der Waals surface area (Å²) in [6.45, 7) is 20.8. The number of amides is 2. The second-order valence-corrected chi connectivity index (χ2v) is 14.4. The van der Waals surface area contributed by atoms with Gasteiger partial charge in [0.1, 0.15) is 12.1 Å². The molecule has 0 aromatic heterocycles. The van der Waals surface area contributed by atoms with Crippen LogP contribution in [0, 0.1) is 22.6 Å². The summed E-state index contributed by atoms with van der Waals surface area (Å²) in [7, 11) is 0. The molecular weight excluding hydrogens is 639 g/mol. The van der Waals surface area contributed by atoms with E-state index in [4.69, 9.17) is 5.41 Å². The number of anilines is 2. The zero-order valence-corrected chi connectivity index (χ0v) is 31.4. The van der Waals surface area contributed by atoms with Crippen molar-refractivity contribution in [2.45, 2.75) is 74.1 Å². The normalized spacial score (nSPS) is 14.7. The van der Waals surface area contributed by atoms with Gasteiger partial charge in [-0.15, -0.1) is 0 Å². The number of carbonyl (C=O) groups is 3. The fraction of sp³-hybridized carbons (Fsp3) is 0.395. The highest BCUT2D eigenvalue weighted by molar-refractivity contribution is 6.22. The first kappa shape index (κ1) is 40.6. The zero-order chi connectivity index (χ0) is 37.7. The minimum Gasteiger partial charge on any atom is -0.368 e. The first-order chi connectivity index (χ1) is 24.2. The molecule has 2 N–H and O–H groups in total. The third-order valence-corrected chi connectivity index (χ3v) is 9.68. The number of allylic oxidation sites excluding steroid dienone is 2. The molecule has 1 heterocycles. The fourth-order valence-corrected chi connectivity index (χ4v) is 5.27. The fourth-order valence-electron chi connectivity index (χ4n) is 5.27. The average molecular weight is 695 g/mol. The van der Waals surface area contributed by atoms with Gasteiger partial charge in [-0.1, -0.05) is 84.2 Å². The standard InChI is InChI=1S/C31H31FN4O3.C7H14.C5H10/c1-3-23-8-11-26(34-30(38)29(19-33)21(2)24-6-9-25(32)10-7-24)18-28(23)31(39)36-16-14-35(15-17-36)27-12-4-22(20-37)5-13-27;1-6(2)7(3,4)5;1-5-3-2-4-5/h4-13,18-20,33H,3,14-17H2,1-2H3,(H,34,38);1H2,2-5H3;5H,2-4H2,1H3/b29-21-,33-19?;;. The lowest BCUT2D eigenvalue weighted by molar-refractivity contribution is -0.112. The van der Waals surface area contributed by atoms with E-state index in [1.165, 1.54) is 37.0 Å². The number of benzene rings is 3. The highest BCUT2D eigenvalue weighted by atomic mass is 19.1. The molecule has 7 nitrogen and oxygen atoms in total. The number of nitrogens with one attached hydrogen (secondary N) is 2. The van der Waals surface area contributed by atoms with Crippen LogP contribution in [-0.4, -0.2) is 55.4 Å². The maximum absolute atomic E-state index is 13.5. The van der Waals surface area contributed by atoms with Gasteiger partial charge >= 0.3 is 0 Å². The number of aryl methyl sites for hydroxylation is 1. The first-order valence-electron chi connectivity index (χ1n) is 17.8. The zero-order valence-electron chi connectivity index (χ0n) is 31.4. The van der Waals surface area contributed by atoms with Crippen LogP contribution in [0.25, 0.3) is 5.57 Å². The Morgan fingerprint density at radius 1 is 0.961 bits per heavy atom. The van der Waals surface area contributed by atoms with Crippen molar-refractivity contribution in [2.75, 3.05) is 36.4 Å². The summed E-state index contributed by atoms with van der Waals surface area (Å²) in [4.78, 5) is 41.5. The van der Waals surface area contributed by atoms with Crippen LogP contribution >= 0.6 is 0 Å². The van der Waals surface area contributed by atoms with Crippen LogP contribution in [0.5, 0.6) is 0 Å². The van der Waals surface area contributed by atoms with Crippen molar-refractivity contribution in [3.63, 3.8) is 0 Å². The first-order valence-corrected chi connectivity index (χ1v) is 17.8. The van der Waals surface area contributed by atoms with Crippen molar-refractivity contribution in [3.8, 4) is 0 Å². The Labute approximate surface area is 304 Å². The van der Waals surface area contributed by atoms with Gasteiger partial charge in [-0.05, 0) is 96.8 Å². The Kier molecular flexibility index (Phi) is 15.1. The second-order valence-electron chi connectivity index (χ2n) is 14.4. The van der Waals surface area contributed by atoms with Crippen LogP contribution in [0.2, 0.25) is 0 Å². The van der Waals surface area contributed by atoms with Gasteiger partial charge < -0.3 is 20.5 Å². The van der Waals surface area contributed by atoms with E-state index in [0.29, 0.717) is 66.0 Å². The van der Waals surface area contributed by atoms with Gasteiger partial charge in [0.2, 0.25) is 0 Å². The molecule has 0 unspecified atom stereocenters. The number of rotatable bonds is 8. The molecule has 0 bridgehead atoms. The van der Waals surface area contributed by atoms with E-state index in [2.05, 4.69) is 51.4 Å². The number of piperazine rings is 1. The molecule has 1 saturated heterocycles. The molecule has 5 rings (SSSR count). The van der Waals surface area contributed by atoms with E-state index >= 15 is 0 Å². The molecule has 1 aliphatic carbocycles. The summed E-state index contributed by atoms with van der Waals surface area (Å²) in [5, 5.41) is 10.6. The minimum atomic E-state index is -0.483. The van der Waals surface area contributed by atoms with Crippen LogP contribution < -0.4 is 10.2 Å². The Morgan fingerprint density at radius 3 is 1.98 bits per heavy atom. The highest BCUT2D eigenvalue weighted by Gasteiger charge is 2.24. The lowest BCUT2D eigenvalue weighted by Crippen LogP contribution is -2.49. The number of hydrogen-bond acceptors (Lipinski definition) is 5. The van der Waals surface area contributed by atoms with Crippen LogP contribution in [0.4, 0.5) is 15.8 Å². The van der Waals surface area contributed by atoms with Crippen molar-refractivity contribution in [1.82, 2.24) is 4.90 Å². The molecule has 51 heavy (non-hydrogen) atoms. The predicted octanol–water partition coefficient (Wildman–Crippen LogP) is 9.64. The van der Waals surface area contributed by atoms with Crippen LogP contribution in [0.3, 0.4) is 0 Å². The summed E-state index contributed by atoms with van der Waals surface area (Å²) in [5.41, 5.74) is 6.39. The van der Waals surface area contributed by atoms with E-state index in [1.54, 1.807) is 43.3 Å². The largest absolute Gasteiger partial charge is 0.368 e. The van der Waals surface area contributed by atoms with Crippen LogP contribution in [0.1, 0.15) is 99.6 Å². The summed E-state index contributed by atoms with van der Waals surface area (Å²) in [5.74, 6) is 0.109. The van der Waals surface area contributed by atoms with Gasteiger partial charge in [0.05, 0.1) is 5.57 Å². The van der Waals surface area contributed by atoms with Gasteiger partial charge in [0.25, 0.3) is 11.8 Å². The smallest absolute Gasteiger partial charge is 0.257 e. The monoisotopic (exact) mass is 694 g/mol. The van der Waals surface area contributed by atoms with Gasteiger partial charge in [-0.25, -0.2) is 4.39 Å². The van der Waals surface area contributed by atoms with Crippen molar-refractivity contribution < 1.29 is 18.8 Å². The average Bonchev–Trinajstić information content (AvgIpc) is 3.11. The lowest BCUT2D eigenvalue weighted by Gasteiger charge is -2.36. The number of carbonyl (C=O) groups excluding carboxylic acids is 3. The van der Waals surface area contributed by atoms with Crippen molar-refractivity contribution in [2.24, 2.45) is 11.3 Å². The van der Waals surface area contributed by atoms with E-state index in [0.717, 1.165) is 29.7 Å². The lowest BCUT2D eigenvalue weighted by atomic mass is 9.88. The molecule has 2 fully saturated rings. The topological polar surface area (TPSA) is 93.6 Å². The predicted molar refractivity (Wildman–Crippen MR) is 209 cm³/mol. The Morgan fingerprint density at radius 2 is 1.53 bits per heavy atom. The summed E-state index contributed by atoms with van der Waals surface area (Å²) in [6.07, 6.45) is 6.92. The maximum Gasteiger partial charge on any atom is 0.257 e. The third-order valence-electron chi connectivity index (χ3n) is 9.68. The van der Waals surface area contributed by atoms with Crippen LogP contribution in [0.15, 0.2) is 84.5 Å². The number of aldehydes is 1. The number of halogens is 1. The molecule has 272 valence electrons. The third kappa shape index (κ3) is 11.9. The molecule has 2 amide bonds. The molecule has 0 spiro atoms. The van der Waals surface area contributed by atoms with Crippen LogP contribution in [-0.2, 0) is 11.2 Å². The molecule has 8 heteroatoms. The van der Waals surface area contributed by atoms with E-state index in [-0.39, 0.29) is 17.3 Å². The SMILES string of the molecule is C=C(C)C(C)(C)C.CC1CCC1.CCc1ccc(NC(=O)/C(C=N)=C(/C)c2ccc(F)cc2)cc1C(=O)N1CCN(c2ccc(C=O)cc2)CC1. The van der Waals surface area contributed by atoms with Crippen molar-refractivity contribution in [1.29, 1.82) is 5.41 Å². The van der Waals surface area contributed by atoms with E-state index in [1.807, 2.05) is 30.0 Å². The summed E-state index contributed by atoms with van der Waals surface area (Å²) < 4.78 is 13.3. The van der Waals surface area contributed by atoms with E-state index in [9.17, 15) is 18.8 Å². The van der Waals surface area contributed by atoms with Gasteiger partial charge in [0, 0.05) is 54.9 Å². The molecule has 2 aliphatic rings. The molecule has 1 saturated carbocycles. The van der Waals surface area contributed by atoms with Gasteiger partial charge in [-0.2, -0.15) is 0 Å². The summed E-state index contributed by atoms with van der Waals surface area (Å²) >= 11 is 0. The van der Waals surface area contributed by atoms with Gasteiger partial charge in [0.15, 0.2) is 0 Å².